The highest BCUT2D eigenvalue weighted by atomic mass is 35.5. The third kappa shape index (κ3) is 3.40. The molecule has 136 valence electrons. The van der Waals surface area contributed by atoms with Crippen LogP contribution in [0.3, 0.4) is 0 Å². The van der Waals surface area contributed by atoms with E-state index in [-0.39, 0.29) is 27.2 Å². The summed E-state index contributed by atoms with van der Waals surface area (Å²) in [6.07, 6.45) is -1.39. The third-order valence-corrected chi connectivity index (χ3v) is 5.04. The quantitative estimate of drug-likeness (QED) is 0.835. The van der Waals surface area contributed by atoms with Crippen LogP contribution in [0.15, 0.2) is 29.4 Å². The zero-order valence-corrected chi connectivity index (χ0v) is 14.1. The van der Waals surface area contributed by atoms with Gasteiger partial charge in [0.05, 0.1) is 0 Å². The molecule has 1 N–H and O–H groups in total. The largest absolute Gasteiger partial charge is 0.438 e. The normalized spacial score (nSPS) is 25.2. The van der Waals surface area contributed by atoms with Gasteiger partial charge in [0, 0.05) is 22.7 Å². The minimum atomic E-state index is -5.01. The summed E-state index contributed by atoms with van der Waals surface area (Å²) in [6, 6.07) is 5.58. The Balaban J connectivity index is 1.96. The Morgan fingerprint density at radius 3 is 2.56 bits per heavy atom. The lowest BCUT2D eigenvalue weighted by Crippen LogP contribution is -2.56. The number of hydrogen-bond donors (Lipinski definition) is 1. The topological polar surface area (TPSA) is 52.9 Å². The summed E-state index contributed by atoms with van der Waals surface area (Å²) in [5, 5.41) is 14.6. The zero-order chi connectivity index (χ0) is 18.2. The predicted octanol–water partition coefficient (Wildman–Crippen LogP) is 4.37. The molecule has 3 rings (SSSR count). The first-order valence-corrected chi connectivity index (χ1v) is 8.57. The lowest BCUT2D eigenvalue weighted by molar-refractivity contribution is -0.297. The third-order valence-electron chi connectivity index (χ3n) is 4.80. The predicted molar refractivity (Wildman–Crippen MR) is 87.3 cm³/mol. The highest BCUT2D eigenvalue weighted by Crippen LogP contribution is 2.43. The molecule has 0 spiro atoms. The van der Waals surface area contributed by atoms with Crippen molar-refractivity contribution in [1.82, 2.24) is 5.01 Å². The molecule has 0 radical (unpaired) electrons. The molecule has 4 nitrogen and oxygen atoms in total. The van der Waals surface area contributed by atoms with E-state index in [1.807, 2.05) is 0 Å². The fourth-order valence-corrected chi connectivity index (χ4v) is 3.60. The summed E-state index contributed by atoms with van der Waals surface area (Å²) < 4.78 is 40.6. The molecule has 8 heteroatoms. The first-order valence-electron chi connectivity index (χ1n) is 8.19. The fourth-order valence-electron chi connectivity index (χ4n) is 3.41. The molecule has 1 heterocycles. The van der Waals surface area contributed by atoms with Gasteiger partial charge >= 0.3 is 6.18 Å². The number of amides is 1. The molecule has 0 bridgehead atoms. The number of halogens is 4. The van der Waals surface area contributed by atoms with Gasteiger partial charge in [0.1, 0.15) is 0 Å². The van der Waals surface area contributed by atoms with Gasteiger partial charge in [-0.3, -0.25) is 4.79 Å². The van der Waals surface area contributed by atoms with Crippen LogP contribution in [0.1, 0.15) is 48.9 Å². The average molecular weight is 375 g/mol. The molecule has 1 saturated carbocycles. The van der Waals surface area contributed by atoms with Crippen molar-refractivity contribution in [2.24, 2.45) is 11.0 Å². The van der Waals surface area contributed by atoms with Gasteiger partial charge < -0.3 is 5.11 Å². The number of benzene rings is 1. The Labute approximate surface area is 148 Å². The summed E-state index contributed by atoms with van der Waals surface area (Å²) >= 11 is 5.82. The smallest absolute Gasteiger partial charge is 0.362 e. The monoisotopic (exact) mass is 374 g/mol. The maximum absolute atomic E-state index is 13.5. The van der Waals surface area contributed by atoms with Gasteiger partial charge in [0.25, 0.3) is 11.6 Å². The van der Waals surface area contributed by atoms with Crippen molar-refractivity contribution in [1.29, 1.82) is 0 Å². The van der Waals surface area contributed by atoms with E-state index < -0.39 is 24.2 Å². The number of carbonyl (C=O) groups excluding carboxylic acids is 1. The van der Waals surface area contributed by atoms with Crippen LogP contribution < -0.4 is 0 Å². The second-order valence-electron chi connectivity index (χ2n) is 6.54. The highest BCUT2D eigenvalue weighted by Gasteiger charge is 2.63. The second-order valence-corrected chi connectivity index (χ2v) is 6.98. The van der Waals surface area contributed by atoms with Crippen LogP contribution in [0.2, 0.25) is 5.02 Å². The fraction of sp³-hybridized carbons (Fsp3) is 0.529. The average Bonchev–Trinajstić information content (AvgIpc) is 2.94. The van der Waals surface area contributed by atoms with Crippen molar-refractivity contribution in [3.8, 4) is 0 Å². The van der Waals surface area contributed by atoms with Crippen LogP contribution >= 0.6 is 11.6 Å². The molecular weight excluding hydrogens is 357 g/mol. The molecule has 25 heavy (non-hydrogen) atoms. The minimum Gasteiger partial charge on any atom is -0.362 e. The summed E-state index contributed by atoms with van der Waals surface area (Å²) in [4.78, 5) is 12.6. The maximum Gasteiger partial charge on any atom is 0.438 e. The highest BCUT2D eigenvalue weighted by molar-refractivity contribution is 6.31. The second kappa shape index (κ2) is 6.61. The van der Waals surface area contributed by atoms with Crippen LogP contribution in [-0.4, -0.2) is 33.6 Å². The van der Waals surface area contributed by atoms with Crippen molar-refractivity contribution in [3.63, 3.8) is 0 Å². The molecule has 1 aliphatic carbocycles. The Hall–Kier alpha value is -1.60. The number of nitrogens with zero attached hydrogens (tertiary/aromatic N) is 2. The van der Waals surface area contributed by atoms with E-state index in [1.165, 1.54) is 24.3 Å². The Bertz CT molecular complexity index is 701. The van der Waals surface area contributed by atoms with Crippen LogP contribution in [0.5, 0.6) is 0 Å². The van der Waals surface area contributed by atoms with E-state index in [4.69, 9.17) is 11.6 Å². The number of aliphatic hydroxyl groups is 1. The lowest BCUT2D eigenvalue weighted by atomic mass is 9.83. The van der Waals surface area contributed by atoms with E-state index in [1.54, 1.807) is 0 Å². The molecule has 1 aromatic carbocycles. The van der Waals surface area contributed by atoms with Crippen molar-refractivity contribution >= 4 is 23.2 Å². The Morgan fingerprint density at radius 1 is 1.28 bits per heavy atom. The van der Waals surface area contributed by atoms with Gasteiger partial charge in [0.2, 0.25) is 0 Å². The number of rotatable bonds is 2. The maximum atomic E-state index is 13.5. The summed E-state index contributed by atoms with van der Waals surface area (Å²) in [5.41, 5.74) is -3.13. The molecule has 2 aliphatic rings. The van der Waals surface area contributed by atoms with E-state index in [0.717, 1.165) is 32.1 Å². The molecule has 0 aromatic heterocycles. The number of alkyl halides is 3. The van der Waals surface area contributed by atoms with E-state index in [0.29, 0.717) is 0 Å². The molecule has 1 amide bonds. The summed E-state index contributed by atoms with van der Waals surface area (Å²) in [7, 11) is 0. The molecule has 1 atom stereocenters. The van der Waals surface area contributed by atoms with Crippen LogP contribution in [0.4, 0.5) is 13.2 Å². The molecule has 1 unspecified atom stereocenters. The van der Waals surface area contributed by atoms with Gasteiger partial charge in [-0.25, -0.2) is 0 Å². The molecule has 1 aliphatic heterocycles. The van der Waals surface area contributed by atoms with Gasteiger partial charge in [-0.15, -0.1) is 0 Å². The van der Waals surface area contributed by atoms with Crippen LogP contribution in [0.25, 0.3) is 0 Å². The standard InChI is InChI=1S/C17H18ClF3N2O2/c18-13-8-4-7-12(9-13)15(24)23-16(25,17(19,20)21)10-14(22-23)11-5-2-1-3-6-11/h4,7-9,11,25H,1-3,5-6,10H2. The van der Waals surface area contributed by atoms with Gasteiger partial charge in [-0.05, 0) is 37.0 Å². The van der Waals surface area contributed by atoms with E-state index >= 15 is 0 Å². The molecule has 1 fully saturated rings. The Morgan fingerprint density at radius 2 is 1.96 bits per heavy atom. The van der Waals surface area contributed by atoms with Crippen molar-refractivity contribution < 1.29 is 23.1 Å². The van der Waals surface area contributed by atoms with E-state index in [9.17, 15) is 23.1 Å². The Kier molecular flexibility index (Phi) is 4.81. The molecular formula is C17H18ClF3N2O2. The van der Waals surface area contributed by atoms with Crippen molar-refractivity contribution in [2.45, 2.75) is 50.4 Å². The van der Waals surface area contributed by atoms with Crippen LogP contribution in [-0.2, 0) is 0 Å². The number of hydrazone groups is 1. The summed E-state index contributed by atoms with van der Waals surface area (Å²) in [6.45, 7) is 0. The lowest BCUT2D eigenvalue weighted by Gasteiger charge is -2.32. The number of hydrogen-bond acceptors (Lipinski definition) is 3. The first-order chi connectivity index (χ1) is 11.7. The zero-order valence-electron chi connectivity index (χ0n) is 13.4. The molecule has 1 aromatic rings. The molecule has 0 saturated heterocycles. The van der Waals surface area contributed by atoms with Gasteiger partial charge in [-0.1, -0.05) is 36.9 Å². The summed E-state index contributed by atoms with van der Waals surface area (Å²) in [5.74, 6) is -1.15. The van der Waals surface area contributed by atoms with E-state index in [2.05, 4.69) is 5.10 Å². The van der Waals surface area contributed by atoms with Crippen molar-refractivity contribution in [3.05, 3.63) is 34.9 Å². The van der Waals surface area contributed by atoms with Crippen LogP contribution in [0, 0.1) is 5.92 Å². The SMILES string of the molecule is O=C(c1cccc(Cl)c1)N1N=C(C2CCCCC2)CC1(O)C(F)(F)F. The minimum absolute atomic E-state index is 0.0520. The first kappa shape index (κ1) is 18.2. The van der Waals surface area contributed by atoms with Gasteiger partial charge in [0.15, 0.2) is 0 Å². The van der Waals surface area contributed by atoms with Gasteiger partial charge in [-0.2, -0.15) is 23.3 Å². The number of carbonyl (C=O) groups is 1. The van der Waals surface area contributed by atoms with Crippen molar-refractivity contribution in [2.75, 3.05) is 0 Å².